The number of carbonyl (C=O) groups is 2. The first kappa shape index (κ1) is 34.3. The van der Waals surface area contributed by atoms with Crippen LogP contribution in [0.4, 0.5) is 0 Å². The van der Waals surface area contributed by atoms with E-state index in [4.69, 9.17) is 18.9 Å². The van der Waals surface area contributed by atoms with Crippen LogP contribution in [0.1, 0.15) is 107 Å². The number of Topliss-reactive ketones (excluding diaryl/α,β-unsaturated/α-hetero) is 1. The van der Waals surface area contributed by atoms with E-state index in [1.807, 2.05) is 0 Å². The number of aliphatic hydroxyl groups excluding tert-OH is 3. The topological polar surface area (TPSA) is 152 Å². The highest BCUT2D eigenvalue weighted by Gasteiger charge is 2.85. The third-order valence-electron chi connectivity index (χ3n) is 15.6. The molecule has 4 N–H and O–H groups in total. The van der Waals surface area contributed by atoms with Crippen LogP contribution in [0.2, 0.25) is 0 Å². The average Bonchev–Trinajstić information content (AvgIpc) is 3.61. The second kappa shape index (κ2) is 10.7. The van der Waals surface area contributed by atoms with E-state index in [1.165, 1.54) is 6.92 Å². The van der Waals surface area contributed by atoms with Crippen molar-refractivity contribution in [1.29, 1.82) is 0 Å². The largest absolute Gasteiger partial charge is 0.457 e. The van der Waals surface area contributed by atoms with Crippen molar-refractivity contribution in [2.75, 3.05) is 6.61 Å². The molecule has 0 aromatic carbocycles. The number of ketones is 1. The number of carbonyl (C=O) groups excluding carboxylic acids is 2. The Labute approximate surface area is 279 Å². The van der Waals surface area contributed by atoms with Crippen LogP contribution in [0, 0.1) is 50.7 Å². The van der Waals surface area contributed by atoms with E-state index >= 15 is 0 Å². The molecule has 7 fully saturated rings. The average molecular weight is 663 g/mol. The maximum atomic E-state index is 15.0. The normalized spacial score (nSPS) is 53.9. The molecule has 5 saturated carbocycles. The molecule has 0 unspecified atom stereocenters. The van der Waals surface area contributed by atoms with Gasteiger partial charge in [0.05, 0.1) is 24.4 Å². The summed E-state index contributed by atoms with van der Waals surface area (Å²) >= 11 is 0. The first-order valence-electron chi connectivity index (χ1n) is 18.2. The van der Waals surface area contributed by atoms with E-state index in [0.29, 0.717) is 12.3 Å². The zero-order valence-electron chi connectivity index (χ0n) is 29.5. The van der Waals surface area contributed by atoms with Crippen LogP contribution in [0.3, 0.4) is 0 Å². The van der Waals surface area contributed by atoms with Gasteiger partial charge in [-0.25, -0.2) is 0 Å². The van der Waals surface area contributed by atoms with Gasteiger partial charge in [-0.2, -0.15) is 0 Å². The molecule has 7 aliphatic rings. The fourth-order valence-electron chi connectivity index (χ4n) is 13.4. The van der Waals surface area contributed by atoms with Crippen LogP contribution in [-0.2, 0) is 28.5 Å². The summed E-state index contributed by atoms with van der Waals surface area (Å²) < 4.78 is 24.4. The molecule has 10 nitrogen and oxygen atoms in total. The van der Waals surface area contributed by atoms with Crippen molar-refractivity contribution >= 4 is 11.8 Å². The Morgan fingerprint density at radius 1 is 0.979 bits per heavy atom. The molecule has 2 spiro atoms. The van der Waals surface area contributed by atoms with Crippen molar-refractivity contribution in [3.63, 3.8) is 0 Å². The number of fused-ring (bicyclic) bond motifs is 4. The van der Waals surface area contributed by atoms with Gasteiger partial charge in [-0.15, -0.1) is 0 Å². The van der Waals surface area contributed by atoms with Gasteiger partial charge in [0, 0.05) is 18.3 Å². The van der Waals surface area contributed by atoms with Crippen molar-refractivity contribution in [1.82, 2.24) is 0 Å². The molecule has 47 heavy (non-hydrogen) atoms. The van der Waals surface area contributed by atoms with E-state index in [1.54, 1.807) is 13.8 Å². The summed E-state index contributed by atoms with van der Waals surface area (Å²) in [7, 11) is 0. The number of ether oxygens (including phenoxy) is 4. The molecule has 0 amide bonds. The van der Waals surface area contributed by atoms with E-state index in [2.05, 4.69) is 34.6 Å². The van der Waals surface area contributed by atoms with Crippen LogP contribution in [0.5, 0.6) is 0 Å². The van der Waals surface area contributed by atoms with E-state index in [0.717, 1.165) is 44.9 Å². The van der Waals surface area contributed by atoms with Crippen molar-refractivity contribution < 1.29 is 49.0 Å². The Balaban J connectivity index is 1.15. The molecule has 2 saturated heterocycles. The molecule has 10 heteroatoms. The van der Waals surface area contributed by atoms with Gasteiger partial charge in [-0.3, -0.25) is 9.59 Å². The predicted octanol–water partition coefficient (Wildman–Crippen LogP) is 3.53. The summed E-state index contributed by atoms with van der Waals surface area (Å²) in [5.74, 6) is 0.603. The molecule has 266 valence electrons. The Morgan fingerprint density at radius 2 is 1.64 bits per heavy atom. The highest BCUT2D eigenvalue weighted by atomic mass is 16.7. The minimum Gasteiger partial charge on any atom is -0.457 e. The van der Waals surface area contributed by atoms with E-state index in [-0.39, 0.29) is 57.9 Å². The van der Waals surface area contributed by atoms with Crippen molar-refractivity contribution in [3.8, 4) is 0 Å². The second-order valence-electron chi connectivity index (χ2n) is 18.4. The van der Waals surface area contributed by atoms with Gasteiger partial charge >= 0.3 is 5.97 Å². The second-order valence-corrected chi connectivity index (χ2v) is 18.4. The zero-order chi connectivity index (χ0) is 34.3. The lowest BCUT2D eigenvalue weighted by atomic mass is 9.41. The van der Waals surface area contributed by atoms with Gasteiger partial charge in [0.25, 0.3) is 0 Å². The number of esters is 1. The lowest BCUT2D eigenvalue weighted by Crippen LogP contribution is -2.60. The summed E-state index contributed by atoms with van der Waals surface area (Å²) in [6, 6.07) is 0. The summed E-state index contributed by atoms with van der Waals surface area (Å²) in [5, 5.41) is 41.8. The fourth-order valence-corrected chi connectivity index (χ4v) is 13.4. The molecule has 2 aliphatic heterocycles. The zero-order valence-corrected chi connectivity index (χ0v) is 29.5. The van der Waals surface area contributed by atoms with Crippen molar-refractivity contribution in [2.45, 2.75) is 161 Å². The van der Waals surface area contributed by atoms with Crippen molar-refractivity contribution in [3.05, 3.63) is 0 Å². The highest BCUT2D eigenvalue weighted by molar-refractivity contribution is 5.93. The van der Waals surface area contributed by atoms with Crippen LogP contribution >= 0.6 is 0 Å². The maximum absolute atomic E-state index is 15.0. The van der Waals surface area contributed by atoms with Gasteiger partial charge < -0.3 is 39.4 Å². The van der Waals surface area contributed by atoms with Gasteiger partial charge in [-0.05, 0) is 105 Å². The first-order valence-corrected chi connectivity index (χ1v) is 18.2. The molecule has 2 heterocycles. The SMILES string of the molecule is CC(=O)O[C@@H]([C@H]1C[C@@H](C)[C@H]2[C@@H](O1)C(=O)[C@@]1(C)[C@@H]3CC[C@H]4C(C)(C)[C@@H](O[C@@H]5OC[C@@H](O)[C@H](O)[C@H]5O)CC[C@@]45C[C@@]35CC[C@]21C)C(C)(C)O. The Bertz CT molecular complexity index is 1290. The Hall–Kier alpha value is -1.14. The summed E-state index contributed by atoms with van der Waals surface area (Å²) in [6.45, 7) is 15.9. The lowest BCUT2D eigenvalue weighted by molar-refractivity contribution is -0.302. The Kier molecular flexibility index (Phi) is 7.80. The molecule has 5 aliphatic carbocycles. The highest BCUT2D eigenvalue weighted by Crippen LogP contribution is 2.89. The number of rotatable bonds is 5. The van der Waals surface area contributed by atoms with Crippen LogP contribution in [-0.4, -0.2) is 93.4 Å². The summed E-state index contributed by atoms with van der Waals surface area (Å²) in [6.07, 6.45) is 0.691. The number of hydrogen-bond acceptors (Lipinski definition) is 10. The van der Waals surface area contributed by atoms with E-state index < -0.39 is 59.9 Å². The molecule has 0 aromatic rings. The molecular weight excluding hydrogens is 604 g/mol. The third-order valence-corrected chi connectivity index (χ3v) is 15.6. The smallest absolute Gasteiger partial charge is 0.303 e. The third kappa shape index (κ3) is 4.46. The molecule has 16 atom stereocenters. The first-order chi connectivity index (χ1) is 21.8. The van der Waals surface area contributed by atoms with Crippen LogP contribution in [0.15, 0.2) is 0 Å². The maximum Gasteiger partial charge on any atom is 0.303 e. The number of aliphatic hydroxyl groups is 4. The predicted molar refractivity (Wildman–Crippen MR) is 170 cm³/mol. The lowest BCUT2D eigenvalue weighted by Gasteiger charge is -2.62. The number of hydrogen-bond donors (Lipinski definition) is 4. The standard InChI is InChI=1S/C37H58O10/c1-18-15-21(30(33(5,6)43)45-19(2)38)46-28-25(18)34(7)13-14-37-17-36(37)12-11-24(47-31-27(41)26(40)20(39)16-44-31)32(3,4)22(36)9-10-23(37)35(34,8)29(28)42/h18,20-28,30-31,39-41,43H,9-17H2,1-8H3/t18-,20-,21-,22+,23+,24+,25+,26+,27-,28-,30+,31+,34-,35-,36-,37+/m1/s1. The van der Waals surface area contributed by atoms with Gasteiger partial charge in [0.1, 0.15) is 24.4 Å². The Morgan fingerprint density at radius 3 is 2.30 bits per heavy atom. The molecule has 0 bridgehead atoms. The van der Waals surface area contributed by atoms with Gasteiger partial charge in [-0.1, -0.05) is 34.6 Å². The molecule has 7 rings (SSSR count). The minimum atomic E-state index is -1.31. The molecular formula is C37H58O10. The summed E-state index contributed by atoms with van der Waals surface area (Å²) in [5.41, 5.74) is -2.06. The summed E-state index contributed by atoms with van der Waals surface area (Å²) in [4.78, 5) is 27.0. The fraction of sp³-hybridized carbons (Fsp3) is 0.946. The van der Waals surface area contributed by atoms with Crippen LogP contribution in [0.25, 0.3) is 0 Å². The minimum absolute atomic E-state index is 0.0668. The molecule has 0 aromatic heterocycles. The quantitative estimate of drug-likeness (QED) is 0.254. The van der Waals surface area contributed by atoms with Gasteiger partial charge in [0.15, 0.2) is 18.2 Å². The monoisotopic (exact) mass is 662 g/mol. The molecule has 0 radical (unpaired) electrons. The van der Waals surface area contributed by atoms with Gasteiger partial charge in [0.2, 0.25) is 0 Å². The van der Waals surface area contributed by atoms with Crippen LogP contribution < -0.4 is 0 Å². The van der Waals surface area contributed by atoms with E-state index in [9.17, 15) is 30.0 Å². The van der Waals surface area contributed by atoms with Crippen molar-refractivity contribution in [2.24, 2.45) is 50.7 Å².